The maximum absolute atomic E-state index is 12.7. The molecule has 0 aromatic heterocycles. The zero-order valence-electron chi connectivity index (χ0n) is 11.3. The molecule has 0 atom stereocenters. The normalized spacial score (nSPS) is 11.0. The number of nitrogens with zero attached hydrogens (tertiary/aromatic N) is 2. The average molecular weight is 318 g/mol. The van der Waals surface area contributed by atoms with Gasteiger partial charge >= 0.3 is 0 Å². The predicted molar refractivity (Wildman–Crippen MR) is 86.9 cm³/mol. The van der Waals surface area contributed by atoms with Crippen LogP contribution in [0.25, 0.3) is 0 Å². The van der Waals surface area contributed by atoms with E-state index >= 15 is 0 Å². The molecule has 0 saturated carbocycles. The van der Waals surface area contributed by atoms with Crippen LogP contribution in [0.5, 0.6) is 0 Å². The van der Waals surface area contributed by atoms with E-state index in [9.17, 15) is 8.78 Å². The third-order valence-corrected chi connectivity index (χ3v) is 2.68. The average Bonchev–Trinajstić information content (AvgIpc) is 2.51. The van der Waals surface area contributed by atoms with Gasteiger partial charge in [-0.3, -0.25) is 10.9 Å². The third kappa shape index (κ3) is 5.37. The molecule has 0 spiro atoms. The molecular weight excluding hydrogens is 306 g/mol. The Morgan fingerprint density at radius 1 is 0.773 bits per heavy atom. The summed E-state index contributed by atoms with van der Waals surface area (Å²) in [6, 6.07) is 11.7. The second kappa shape index (κ2) is 7.94. The van der Waals surface area contributed by atoms with Crippen molar-refractivity contribution in [1.29, 1.82) is 0 Å². The zero-order chi connectivity index (χ0) is 15.8. The third-order valence-electron chi connectivity index (χ3n) is 2.50. The smallest absolute Gasteiger partial charge is 0.207 e. The SMILES string of the molecule is Fc1ccc(/C=N\NC(=S)N/N=C\c2ccc(F)cc2)cc1. The molecular formula is C15H12F2N4S. The summed E-state index contributed by atoms with van der Waals surface area (Å²) in [6.45, 7) is 0. The fourth-order valence-electron chi connectivity index (χ4n) is 1.45. The number of rotatable bonds is 4. The van der Waals surface area contributed by atoms with E-state index in [-0.39, 0.29) is 16.7 Å². The van der Waals surface area contributed by atoms with Gasteiger partial charge in [-0.25, -0.2) is 8.78 Å². The van der Waals surface area contributed by atoms with Crippen molar-refractivity contribution >= 4 is 29.8 Å². The summed E-state index contributed by atoms with van der Waals surface area (Å²) in [6.07, 6.45) is 2.99. The van der Waals surface area contributed by atoms with Crippen LogP contribution in [0.1, 0.15) is 11.1 Å². The number of hydrazone groups is 2. The van der Waals surface area contributed by atoms with Crippen LogP contribution in [-0.4, -0.2) is 17.5 Å². The second-order valence-corrected chi connectivity index (χ2v) is 4.58. The number of halogens is 2. The number of benzene rings is 2. The number of hydrogen-bond acceptors (Lipinski definition) is 3. The number of nitrogens with one attached hydrogen (secondary N) is 2. The van der Waals surface area contributed by atoms with Crippen LogP contribution in [-0.2, 0) is 0 Å². The first-order valence-electron chi connectivity index (χ1n) is 6.27. The molecule has 2 aromatic rings. The Labute approximate surface area is 131 Å². The van der Waals surface area contributed by atoms with Crippen LogP contribution in [0.3, 0.4) is 0 Å². The van der Waals surface area contributed by atoms with Crippen LogP contribution in [0.4, 0.5) is 8.78 Å². The van der Waals surface area contributed by atoms with Crippen molar-refractivity contribution in [2.24, 2.45) is 10.2 Å². The standard InChI is InChI=1S/C15H12F2N4S/c16-13-5-1-11(2-6-13)9-18-20-15(22)21-19-10-12-3-7-14(17)8-4-12/h1-10H,(H2,20,21,22)/b18-9-,19-10-. The Hall–Kier alpha value is -2.67. The van der Waals surface area contributed by atoms with E-state index in [1.54, 1.807) is 24.3 Å². The minimum Gasteiger partial charge on any atom is -0.252 e. The maximum atomic E-state index is 12.7. The van der Waals surface area contributed by atoms with E-state index in [1.165, 1.54) is 36.7 Å². The molecule has 0 unspecified atom stereocenters. The van der Waals surface area contributed by atoms with Gasteiger partial charge in [0.2, 0.25) is 5.11 Å². The zero-order valence-corrected chi connectivity index (χ0v) is 12.1. The molecule has 0 fully saturated rings. The lowest BCUT2D eigenvalue weighted by atomic mass is 10.2. The molecule has 0 aliphatic rings. The first-order valence-corrected chi connectivity index (χ1v) is 6.67. The van der Waals surface area contributed by atoms with Gasteiger partial charge in [-0.2, -0.15) is 10.2 Å². The summed E-state index contributed by atoms with van der Waals surface area (Å²) in [5.74, 6) is -0.616. The number of thiocarbonyl (C=S) groups is 1. The largest absolute Gasteiger partial charge is 0.252 e. The van der Waals surface area contributed by atoms with Crippen molar-refractivity contribution in [3.8, 4) is 0 Å². The molecule has 0 heterocycles. The van der Waals surface area contributed by atoms with Gasteiger partial charge in [0, 0.05) is 0 Å². The molecule has 22 heavy (non-hydrogen) atoms. The Morgan fingerprint density at radius 3 is 1.50 bits per heavy atom. The highest BCUT2D eigenvalue weighted by Crippen LogP contribution is 2.00. The minimum absolute atomic E-state index is 0.191. The minimum atomic E-state index is -0.308. The van der Waals surface area contributed by atoms with E-state index in [0.29, 0.717) is 0 Å². The summed E-state index contributed by atoms with van der Waals surface area (Å²) in [5, 5.41) is 7.96. The highest BCUT2D eigenvalue weighted by atomic mass is 32.1. The van der Waals surface area contributed by atoms with E-state index in [2.05, 4.69) is 21.1 Å². The predicted octanol–water partition coefficient (Wildman–Crippen LogP) is 2.80. The van der Waals surface area contributed by atoms with Crippen LogP contribution in [0.2, 0.25) is 0 Å². The Morgan fingerprint density at radius 2 is 1.14 bits per heavy atom. The first-order chi connectivity index (χ1) is 10.6. The molecule has 4 nitrogen and oxygen atoms in total. The van der Waals surface area contributed by atoms with E-state index in [1.807, 2.05) is 0 Å². The fraction of sp³-hybridized carbons (Fsp3) is 0. The van der Waals surface area contributed by atoms with Crippen LogP contribution >= 0.6 is 12.2 Å². The molecule has 0 bridgehead atoms. The van der Waals surface area contributed by atoms with Gasteiger partial charge in [-0.05, 0) is 47.6 Å². The summed E-state index contributed by atoms with van der Waals surface area (Å²) in [7, 11) is 0. The number of hydrogen-bond donors (Lipinski definition) is 2. The molecule has 0 saturated heterocycles. The highest BCUT2D eigenvalue weighted by molar-refractivity contribution is 7.80. The van der Waals surface area contributed by atoms with E-state index in [4.69, 9.17) is 12.2 Å². The highest BCUT2D eigenvalue weighted by Gasteiger charge is 1.92. The lowest BCUT2D eigenvalue weighted by Crippen LogP contribution is -2.28. The van der Waals surface area contributed by atoms with Gasteiger partial charge in [0.15, 0.2) is 0 Å². The van der Waals surface area contributed by atoms with Crippen molar-refractivity contribution in [3.05, 3.63) is 71.3 Å². The summed E-state index contributed by atoms with van der Waals surface area (Å²) in [5.41, 5.74) is 6.58. The van der Waals surface area contributed by atoms with E-state index in [0.717, 1.165) is 11.1 Å². The summed E-state index contributed by atoms with van der Waals surface area (Å²) in [4.78, 5) is 0. The Balaban J connectivity index is 1.78. The lowest BCUT2D eigenvalue weighted by Gasteiger charge is -2.01. The van der Waals surface area contributed by atoms with Gasteiger partial charge in [0.05, 0.1) is 12.4 Å². The molecule has 2 rings (SSSR count). The van der Waals surface area contributed by atoms with Crippen LogP contribution in [0, 0.1) is 11.6 Å². The second-order valence-electron chi connectivity index (χ2n) is 4.17. The van der Waals surface area contributed by atoms with Crippen LogP contribution < -0.4 is 10.9 Å². The monoisotopic (exact) mass is 318 g/mol. The summed E-state index contributed by atoms with van der Waals surface area (Å²) >= 11 is 4.96. The van der Waals surface area contributed by atoms with Crippen LogP contribution in [0.15, 0.2) is 58.7 Å². The van der Waals surface area contributed by atoms with E-state index < -0.39 is 0 Å². The van der Waals surface area contributed by atoms with Crippen molar-refractivity contribution < 1.29 is 8.78 Å². The molecule has 0 aliphatic heterocycles. The van der Waals surface area contributed by atoms with Crippen molar-refractivity contribution in [2.75, 3.05) is 0 Å². The van der Waals surface area contributed by atoms with Gasteiger partial charge in [0.1, 0.15) is 11.6 Å². The quantitative estimate of drug-likeness (QED) is 0.518. The molecule has 7 heteroatoms. The fourth-order valence-corrected chi connectivity index (χ4v) is 1.56. The molecule has 2 aromatic carbocycles. The Bertz CT molecular complexity index is 622. The maximum Gasteiger partial charge on any atom is 0.207 e. The van der Waals surface area contributed by atoms with Gasteiger partial charge in [-0.15, -0.1) is 0 Å². The van der Waals surface area contributed by atoms with Gasteiger partial charge in [0.25, 0.3) is 0 Å². The van der Waals surface area contributed by atoms with Crippen molar-refractivity contribution in [1.82, 2.24) is 10.9 Å². The topological polar surface area (TPSA) is 48.8 Å². The first kappa shape index (κ1) is 15.7. The lowest BCUT2D eigenvalue weighted by molar-refractivity contribution is 0.627. The van der Waals surface area contributed by atoms with Crippen molar-refractivity contribution in [2.45, 2.75) is 0 Å². The molecule has 0 aliphatic carbocycles. The molecule has 0 radical (unpaired) electrons. The Kier molecular flexibility index (Phi) is 5.67. The van der Waals surface area contributed by atoms with Gasteiger partial charge in [-0.1, -0.05) is 24.3 Å². The summed E-state index contributed by atoms with van der Waals surface area (Å²) < 4.78 is 25.4. The van der Waals surface area contributed by atoms with Gasteiger partial charge < -0.3 is 0 Å². The molecule has 0 amide bonds. The molecule has 112 valence electrons. The van der Waals surface area contributed by atoms with Crippen molar-refractivity contribution in [3.63, 3.8) is 0 Å². The molecule has 2 N–H and O–H groups in total.